The lowest BCUT2D eigenvalue weighted by atomic mass is 10.2. The molecule has 0 saturated carbocycles. The van der Waals surface area contributed by atoms with Gasteiger partial charge in [0.25, 0.3) is 0 Å². The van der Waals surface area contributed by atoms with Crippen LogP contribution in [0.2, 0.25) is 0 Å². The van der Waals surface area contributed by atoms with Crippen LogP contribution in [0, 0.1) is 0 Å². The van der Waals surface area contributed by atoms with E-state index in [-0.39, 0.29) is 24.3 Å². The number of methoxy groups -OCH3 is 1. The van der Waals surface area contributed by atoms with Crippen LogP contribution in [0.5, 0.6) is 5.75 Å². The first-order valence-corrected chi connectivity index (χ1v) is 7.98. The molecule has 0 atom stereocenters. The molecule has 7 heteroatoms. The summed E-state index contributed by atoms with van der Waals surface area (Å²) in [6, 6.07) is 13.6. The van der Waals surface area contributed by atoms with Gasteiger partial charge in [0.15, 0.2) is 0 Å². The molecule has 2 N–H and O–H groups in total. The zero-order chi connectivity index (χ0) is 19.1. The maximum absolute atomic E-state index is 12.3. The molecule has 0 spiro atoms. The number of amides is 3. The van der Waals surface area contributed by atoms with Gasteiger partial charge in [-0.1, -0.05) is 0 Å². The van der Waals surface area contributed by atoms with Crippen molar-refractivity contribution in [3.63, 3.8) is 0 Å². The average molecular weight is 355 g/mol. The summed E-state index contributed by atoms with van der Waals surface area (Å²) in [4.78, 5) is 36.6. The highest BCUT2D eigenvalue weighted by Gasteiger charge is 2.16. The molecule has 0 unspecified atom stereocenters. The lowest BCUT2D eigenvalue weighted by Crippen LogP contribution is -2.36. The largest absolute Gasteiger partial charge is 0.497 e. The molecule has 2 rings (SSSR count). The van der Waals surface area contributed by atoms with Crippen LogP contribution >= 0.6 is 0 Å². The van der Waals surface area contributed by atoms with E-state index in [1.165, 1.54) is 18.7 Å². The van der Waals surface area contributed by atoms with Crippen LogP contribution in [0.15, 0.2) is 48.5 Å². The monoisotopic (exact) mass is 355 g/mol. The van der Waals surface area contributed by atoms with Crippen LogP contribution in [0.4, 0.5) is 17.1 Å². The Hall–Kier alpha value is -3.35. The van der Waals surface area contributed by atoms with E-state index < -0.39 is 0 Å². The SMILES string of the molecule is COc1ccc(NC(=O)CN(C(C)=O)c2ccc(NC(C)=O)cc2)cc1. The maximum atomic E-state index is 12.3. The quantitative estimate of drug-likeness (QED) is 0.834. The molecule has 0 aliphatic carbocycles. The molecule has 0 aromatic heterocycles. The number of benzene rings is 2. The summed E-state index contributed by atoms with van der Waals surface area (Å²) < 4.78 is 5.07. The number of anilines is 3. The van der Waals surface area contributed by atoms with Crippen LogP contribution in [0.1, 0.15) is 13.8 Å². The van der Waals surface area contributed by atoms with Crippen LogP contribution in [0.3, 0.4) is 0 Å². The number of carbonyl (C=O) groups excluding carboxylic acids is 3. The minimum Gasteiger partial charge on any atom is -0.497 e. The zero-order valence-corrected chi connectivity index (χ0v) is 14.9. The molecular weight excluding hydrogens is 334 g/mol. The molecule has 2 aromatic rings. The van der Waals surface area contributed by atoms with E-state index >= 15 is 0 Å². The number of rotatable bonds is 6. The fraction of sp³-hybridized carbons (Fsp3) is 0.211. The highest BCUT2D eigenvalue weighted by Crippen LogP contribution is 2.19. The van der Waals surface area contributed by atoms with Gasteiger partial charge in [0.2, 0.25) is 17.7 Å². The Morgan fingerprint density at radius 2 is 1.42 bits per heavy atom. The highest BCUT2D eigenvalue weighted by molar-refractivity contribution is 6.02. The molecule has 2 aromatic carbocycles. The van der Waals surface area contributed by atoms with Crippen molar-refractivity contribution in [1.82, 2.24) is 0 Å². The predicted molar refractivity (Wildman–Crippen MR) is 100 cm³/mol. The van der Waals surface area contributed by atoms with E-state index in [1.807, 2.05) is 0 Å². The number of nitrogens with one attached hydrogen (secondary N) is 2. The summed E-state index contributed by atoms with van der Waals surface area (Å²) in [5, 5.41) is 5.39. The molecule has 0 radical (unpaired) electrons. The summed E-state index contributed by atoms with van der Waals surface area (Å²) in [6.07, 6.45) is 0. The van der Waals surface area contributed by atoms with Gasteiger partial charge in [-0.05, 0) is 48.5 Å². The zero-order valence-electron chi connectivity index (χ0n) is 14.9. The summed E-state index contributed by atoms with van der Waals surface area (Å²) >= 11 is 0. The molecule has 3 amide bonds. The predicted octanol–water partition coefficient (Wildman–Crippen LogP) is 2.65. The van der Waals surface area contributed by atoms with Crippen LogP contribution in [0.25, 0.3) is 0 Å². The van der Waals surface area contributed by atoms with E-state index in [0.717, 1.165) is 0 Å². The second-order valence-corrected chi connectivity index (χ2v) is 5.61. The van der Waals surface area contributed by atoms with Crippen LogP contribution in [-0.2, 0) is 14.4 Å². The van der Waals surface area contributed by atoms with E-state index in [0.29, 0.717) is 22.8 Å². The van der Waals surface area contributed by atoms with Gasteiger partial charge in [-0.15, -0.1) is 0 Å². The van der Waals surface area contributed by atoms with Crippen molar-refractivity contribution in [2.24, 2.45) is 0 Å². The van der Waals surface area contributed by atoms with E-state index in [9.17, 15) is 14.4 Å². The fourth-order valence-corrected chi connectivity index (χ4v) is 2.33. The second-order valence-electron chi connectivity index (χ2n) is 5.61. The highest BCUT2D eigenvalue weighted by atomic mass is 16.5. The minimum absolute atomic E-state index is 0.124. The Bertz CT molecular complexity index is 785. The molecule has 0 bridgehead atoms. The van der Waals surface area contributed by atoms with Gasteiger partial charge in [-0.3, -0.25) is 14.4 Å². The number of carbonyl (C=O) groups is 3. The van der Waals surface area contributed by atoms with Gasteiger partial charge in [0.1, 0.15) is 12.3 Å². The normalized spacial score (nSPS) is 9.96. The third-order valence-corrected chi connectivity index (χ3v) is 3.55. The molecule has 0 heterocycles. The maximum Gasteiger partial charge on any atom is 0.244 e. The topological polar surface area (TPSA) is 87.7 Å². The molecule has 7 nitrogen and oxygen atoms in total. The number of nitrogens with zero attached hydrogens (tertiary/aromatic N) is 1. The summed E-state index contributed by atoms with van der Waals surface area (Å²) in [5.41, 5.74) is 1.80. The lowest BCUT2D eigenvalue weighted by Gasteiger charge is -2.21. The Balaban J connectivity index is 2.05. The van der Waals surface area contributed by atoms with Crippen molar-refractivity contribution in [2.45, 2.75) is 13.8 Å². The molecule has 0 fully saturated rings. The van der Waals surface area contributed by atoms with E-state index in [1.54, 1.807) is 55.6 Å². The van der Waals surface area contributed by atoms with Crippen molar-refractivity contribution < 1.29 is 19.1 Å². The smallest absolute Gasteiger partial charge is 0.244 e. The van der Waals surface area contributed by atoms with Gasteiger partial charge < -0.3 is 20.3 Å². The Morgan fingerprint density at radius 1 is 0.885 bits per heavy atom. The van der Waals surface area contributed by atoms with Gasteiger partial charge in [-0.25, -0.2) is 0 Å². The number of hydrogen-bond acceptors (Lipinski definition) is 4. The summed E-state index contributed by atoms with van der Waals surface area (Å²) in [7, 11) is 1.57. The fourth-order valence-electron chi connectivity index (χ4n) is 2.33. The van der Waals surface area contributed by atoms with Crippen LogP contribution < -0.4 is 20.3 Å². The first-order chi connectivity index (χ1) is 12.4. The third kappa shape index (κ3) is 5.34. The van der Waals surface area contributed by atoms with Gasteiger partial charge in [-0.2, -0.15) is 0 Å². The van der Waals surface area contributed by atoms with Crippen molar-refractivity contribution in [3.8, 4) is 5.75 Å². The Labute approximate surface area is 152 Å². The first kappa shape index (κ1) is 19.0. The van der Waals surface area contributed by atoms with Crippen molar-refractivity contribution >= 4 is 34.8 Å². The van der Waals surface area contributed by atoms with Gasteiger partial charge >= 0.3 is 0 Å². The standard InChI is InChI=1S/C19H21N3O4/c1-13(23)20-15-4-8-17(9-5-15)22(14(2)24)12-19(25)21-16-6-10-18(26-3)11-7-16/h4-11H,12H2,1-3H3,(H,20,23)(H,21,25). The van der Waals surface area contributed by atoms with Crippen molar-refractivity contribution in [2.75, 3.05) is 29.2 Å². The second kappa shape index (κ2) is 8.66. The number of hydrogen-bond donors (Lipinski definition) is 2. The number of ether oxygens (including phenoxy) is 1. The molecule has 136 valence electrons. The Morgan fingerprint density at radius 3 is 1.92 bits per heavy atom. The molecular formula is C19H21N3O4. The average Bonchev–Trinajstić information content (AvgIpc) is 2.60. The lowest BCUT2D eigenvalue weighted by molar-refractivity contribution is -0.120. The van der Waals surface area contributed by atoms with E-state index in [4.69, 9.17) is 4.74 Å². The molecule has 0 aliphatic heterocycles. The van der Waals surface area contributed by atoms with Gasteiger partial charge in [0, 0.05) is 30.9 Å². The van der Waals surface area contributed by atoms with Crippen molar-refractivity contribution in [3.05, 3.63) is 48.5 Å². The first-order valence-electron chi connectivity index (χ1n) is 7.98. The molecule has 0 saturated heterocycles. The Kier molecular flexibility index (Phi) is 6.32. The molecule has 0 aliphatic rings. The van der Waals surface area contributed by atoms with E-state index in [2.05, 4.69) is 10.6 Å². The minimum atomic E-state index is -0.323. The summed E-state index contributed by atoms with van der Waals surface area (Å²) in [5.74, 6) is -0.0777. The molecule has 26 heavy (non-hydrogen) atoms. The summed E-state index contributed by atoms with van der Waals surface area (Å²) in [6.45, 7) is 2.68. The van der Waals surface area contributed by atoms with Gasteiger partial charge in [0.05, 0.1) is 7.11 Å². The van der Waals surface area contributed by atoms with Crippen molar-refractivity contribution in [1.29, 1.82) is 0 Å². The van der Waals surface area contributed by atoms with Crippen LogP contribution in [-0.4, -0.2) is 31.4 Å². The third-order valence-electron chi connectivity index (χ3n) is 3.55.